The maximum absolute atomic E-state index is 11.4. The van der Waals surface area contributed by atoms with Crippen LogP contribution < -0.4 is 9.64 Å². The molecule has 40 heavy (non-hydrogen) atoms. The molecule has 0 amide bonds. The molecular formula is C35H39NO3S. The topological polar surface area (TPSA) is 42.7 Å². The van der Waals surface area contributed by atoms with Crippen molar-refractivity contribution in [1.82, 2.24) is 0 Å². The van der Waals surface area contributed by atoms with Gasteiger partial charge in [0.2, 0.25) is 0 Å². The van der Waals surface area contributed by atoms with Crippen molar-refractivity contribution < 1.29 is 13.9 Å². The van der Waals surface area contributed by atoms with Crippen LogP contribution in [0.5, 0.6) is 11.5 Å². The van der Waals surface area contributed by atoms with E-state index in [0.717, 1.165) is 81.8 Å². The molecule has 5 heteroatoms. The van der Waals surface area contributed by atoms with Gasteiger partial charge in [-0.25, -0.2) is 0 Å². The number of thiophene rings is 1. The summed E-state index contributed by atoms with van der Waals surface area (Å²) in [6.45, 7) is 5.44. The number of carbonyl (C=O) groups excluding carboxylic acids is 1. The number of rotatable bonds is 14. The number of aldehydes is 1. The van der Waals surface area contributed by atoms with Crippen molar-refractivity contribution in [3.05, 3.63) is 81.7 Å². The van der Waals surface area contributed by atoms with Gasteiger partial charge in [0.25, 0.3) is 0 Å². The molecule has 4 nitrogen and oxygen atoms in total. The van der Waals surface area contributed by atoms with E-state index in [4.69, 9.17) is 9.15 Å². The molecule has 0 saturated carbocycles. The van der Waals surface area contributed by atoms with Crippen LogP contribution in [0.3, 0.4) is 0 Å². The molecule has 0 fully saturated rings. The Morgan fingerprint density at radius 1 is 0.800 bits per heavy atom. The predicted molar refractivity (Wildman–Crippen MR) is 168 cm³/mol. The Labute approximate surface area is 242 Å². The number of fused-ring (bicyclic) bond motifs is 2. The minimum absolute atomic E-state index is 0.778. The third-order valence-electron chi connectivity index (χ3n) is 7.45. The number of anilines is 2. The number of hydrogen-bond donors (Lipinski definition) is 0. The highest BCUT2D eigenvalue weighted by molar-refractivity contribution is 7.14. The normalized spacial score (nSPS) is 12.4. The molecule has 0 aliphatic carbocycles. The van der Waals surface area contributed by atoms with E-state index in [1.165, 1.54) is 44.1 Å². The lowest BCUT2D eigenvalue weighted by atomic mass is 10.1. The van der Waals surface area contributed by atoms with Gasteiger partial charge in [-0.1, -0.05) is 64.5 Å². The van der Waals surface area contributed by atoms with E-state index >= 15 is 0 Å². The molecule has 0 saturated heterocycles. The first-order chi connectivity index (χ1) is 19.7. The van der Waals surface area contributed by atoms with Gasteiger partial charge in [-0.3, -0.25) is 4.79 Å². The average Bonchev–Trinajstić information content (AvgIpc) is 3.62. The molecule has 1 aliphatic heterocycles. The van der Waals surface area contributed by atoms with Gasteiger partial charge in [-0.15, -0.1) is 11.3 Å². The zero-order chi connectivity index (χ0) is 27.7. The Morgan fingerprint density at radius 2 is 1.60 bits per heavy atom. The Hall–Kier alpha value is -3.57. The van der Waals surface area contributed by atoms with E-state index in [2.05, 4.69) is 55.2 Å². The van der Waals surface area contributed by atoms with Gasteiger partial charge in [0.1, 0.15) is 11.5 Å². The minimum atomic E-state index is 0.778. The van der Waals surface area contributed by atoms with Crippen molar-refractivity contribution in [2.75, 3.05) is 11.4 Å². The maximum Gasteiger partial charge on any atom is 0.160 e. The van der Waals surface area contributed by atoms with Crippen molar-refractivity contribution in [2.45, 2.75) is 71.6 Å². The van der Waals surface area contributed by atoms with E-state index in [-0.39, 0.29) is 0 Å². The summed E-state index contributed by atoms with van der Waals surface area (Å²) in [5.41, 5.74) is 4.46. The van der Waals surface area contributed by atoms with Gasteiger partial charge in [-0.2, -0.15) is 0 Å². The minimum Gasteiger partial charge on any atom is -0.457 e. The second-order valence-corrected chi connectivity index (χ2v) is 11.6. The summed E-state index contributed by atoms with van der Waals surface area (Å²) in [6.07, 6.45) is 15.7. The fourth-order valence-corrected chi connectivity index (χ4v) is 6.21. The highest BCUT2D eigenvalue weighted by Crippen LogP contribution is 2.48. The van der Waals surface area contributed by atoms with Crippen LogP contribution in [0.1, 0.15) is 91.1 Å². The summed E-state index contributed by atoms with van der Waals surface area (Å²) in [5, 5.41) is 0. The number of nitrogens with zero attached hydrogens (tertiary/aromatic N) is 1. The number of furan rings is 1. The van der Waals surface area contributed by atoms with Crippen LogP contribution >= 0.6 is 11.3 Å². The lowest BCUT2D eigenvalue weighted by Gasteiger charge is -2.33. The van der Waals surface area contributed by atoms with Gasteiger partial charge >= 0.3 is 0 Å². The number of hydrogen-bond acceptors (Lipinski definition) is 5. The standard InChI is InChI=1S/C35H39NO3S/c1-3-5-7-9-13-27-23-29(25-37)40-35(27)21-18-28-17-20-32(38-28)26-16-19-31-34(24-26)39-33-15-11-10-14-30(33)36(31)22-12-8-6-4-2/h10-11,14-21,23-25H,3-9,12-13,22H2,1-2H3/b21-18+. The smallest absolute Gasteiger partial charge is 0.160 e. The lowest BCUT2D eigenvalue weighted by Crippen LogP contribution is -2.22. The summed E-state index contributed by atoms with van der Waals surface area (Å²) in [7, 11) is 0. The van der Waals surface area contributed by atoms with Crippen molar-refractivity contribution in [1.29, 1.82) is 0 Å². The number of unbranched alkanes of at least 4 members (excludes halogenated alkanes) is 6. The molecule has 5 rings (SSSR count). The fourth-order valence-electron chi connectivity index (χ4n) is 5.28. The molecule has 0 unspecified atom stereocenters. The zero-order valence-electron chi connectivity index (χ0n) is 23.7. The molecule has 1 aliphatic rings. The van der Waals surface area contributed by atoms with Crippen LogP contribution in [0.4, 0.5) is 11.4 Å². The third kappa shape index (κ3) is 6.59. The summed E-state index contributed by atoms with van der Waals surface area (Å²) in [5.74, 6) is 3.34. The van der Waals surface area contributed by atoms with Crippen LogP contribution in [0.25, 0.3) is 23.5 Å². The molecule has 4 aromatic rings. The number of para-hydroxylation sites is 2. The SMILES string of the molecule is CCCCCCc1cc(C=O)sc1/C=C/c1ccc(-c2ccc3c(c2)Oc2ccccc2N3CCCCCC)o1. The molecular weight excluding hydrogens is 514 g/mol. The summed E-state index contributed by atoms with van der Waals surface area (Å²) in [6, 6.07) is 20.7. The van der Waals surface area contributed by atoms with Crippen molar-refractivity contribution >= 4 is 41.1 Å². The van der Waals surface area contributed by atoms with E-state index < -0.39 is 0 Å². The Bertz CT molecular complexity index is 1450. The molecule has 3 heterocycles. The molecule has 208 valence electrons. The Kier molecular flexibility index (Phi) is 9.56. The molecule has 0 bridgehead atoms. The molecule has 0 N–H and O–H groups in total. The quantitative estimate of drug-likeness (QED) is 0.115. The second kappa shape index (κ2) is 13.7. The number of ether oxygens (including phenoxy) is 1. The molecule has 2 aromatic heterocycles. The summed E-state index contributed by atoms with van der Waals surface area (Å²) < 4.78 is 12.6. The first kappa shape index (κ1) is 28.0. The number of aryl methyl sites for hydroxylation is 1. The maximum atomic E-state index is 11.4. The van der Waals surface area contributed by atoms with Gasteiger partial charge in [0.05, 0.1) is 16.3 Å². The number of benzene rings is 2. The van der Waals surface area contributed by atoms with E-state index in [1.54, 1.807) is 11.3 Å². The zero-order valence-corrected chi connectivity index (χ0v) is 24.5. The first-order valence-corrected chi connectivity index (χ1v) is 15.6. The largest absolute Gasteiger partial charge is 0.457 e. The van der Waals surface area contributed by atoms with E-state index in [0.29, 0.717) is 0 Å². The van der Waals surface area contributed by atoms with Gasteiger partial charge in [-0.05, 0) is 85.5 Å². The average molecular weight is 554 g/mol. The van der Waals surface area contributed by atoms with Gasteiger partial charge < -0.3 is 14.1 Å². The van der Waals surface area contributed by atoms with Gasteiger partial charge in [0.15, 0.2) is 17.8 Å². The third-order valence-corrected chi connectivity index (χ3v) is 8.52. The lowest BCUT2D eigenvalue weighted by molar-refractivity contribution is 0.112. The van der Waals surface area contributed by atoms with Gasteiger partial charge in [0, 0.05) is 17.0 Å². The Balaban J connectivity index is 1.33. The van der Waals surface area contributed by atoms with Crippen LogP contribution in [-0.2, 0) is 6.42 Å². The number of carbonyl (C=O) groups is 1. The first-order valence-electron chi connectivity index (χ1n) is 14.7. The van der Waals surface area contributed by atoms with Crippen LogP contribution in [0.15, 0.2) is 65.1 Å². The molecule has 0 atom stereocenters. The molecule has 0 spiro atoms. The van der Waals surface area contributed by atoms with Crippen LogP contribution in [0.2, 0.25) is 0 Å². The van der Waals surface area contributed by atoms with Crippen LogP contribution in [-0.4, -0.2) is 12.8 Å². The summed E-state index contributed by atoms with van der Waals surface area (Å²) in [4.78, 5) is 15.7. The summed E-state index contributed by atoms with van der Waals surface area (Å²) >= 11 is 1.55. The predicted octanol–water partition coefficient (Wildman–Crippen LogP) is 10.9. The van der Waals surface area contributed by atoms with E-state index in [1.807, 2.05) is 36.4 Å². The second-order valence-electron chi connectivity index (χ2n) is 10.5. The Morgan fingerprint density at radius 3 is 2.42 bits per heavy atom. The van der Waals surface area contributed by atoms with Crippen molar-refractivity contribution in [2.24, 2.45) is 0 Å². The van der Waals surface area contributed by atoms with Crippen molar-refractivity contribution in [3.8, 4) is 22.8 Å². The van der Waals surface area contributed by atoms with E-state index in [9.17, 15) is 4.79 Å². The molecule has 0 radical (unpaired) electrons. The highest BCUT2D eigenvalue weighted by atomic mass is 32.1. The highest BCUT2D eigenvalue weighted by Gasteiger charge is 2.24. The monoisotopic (exact) mass is 553 g/mol. The molecule has 2 aromatic carbocycles. The fraction of sp³-hybridized carbons (Fsp3) is 0.343. The van der Waals surface area contributed by atoms with Crippen LogP contribution in [0, 0.1) is 0 Å². The van der Waals surface area contributed by atoms with Crippen molar-refractivity contribution in [3.63, 3.8) is 0 Å².